The molecule has 0 aromatic heterocycles. The largest absolute Gasteiger partial charge is 0.507 e. The average Bonchev–Trinajstić information content (AvgIpc) is 3.09. The predicted octanol–water partition coefficient (Wildman–Crippen LogP) is 4.56. The van der Waals surface area contributed by atoms with Gasteiger partial charge in [0.25, 0.3) is 0 Å². The summed E-state index contributed by atoms with van der Waals surface area (Å²) in [6.07, 6.45) is 4.66. The Balaban J connectivity index is 1.59. The van der Waals surface area contributed by atoms with Crippen LogP contribution in [0.25, 0.3) is 6.08 Å². The average molecular weight is 509 g/mol. The highest BCUT2D eigenvalue weighted by Crippen LogP contribution is 2.50. The van der Waals surface area contributed by atoms with E-state index in [-0.39, 0.29) is 18.3 Å². The van der Waals surface area contributed by atoms with Gasteiger partial charge in [-0.15, -0.1) is 0 Å². The zero-order valence-electron chi connectivity index (χ0n) is 22.2. The van der Waals surface area contributed by atoms with Gasteiger partial charge in [-0.2, -0.15) is 4.90 Å². The Kier molecular flexibility index (Phi) is 7.95. The molecule has 3 aliphatic rings. The molecule has 2 heterocycles. The molecule has 2 aliphatic heterocycles. The van der Waals surface area contributed by atoms with Crippen LogP contribution >= 0.6 is 0 Å². The Bertz CT molecular complexity index is 1150. The van der Waals surface area contributed by atoms with E-state index in [9.17, 15) is 24.5 Å². The van der Waals surface area contributed by atoms with Crippen LogP contribution in [0.4, 0.5) is 4.79 Å². The van der Waals surface area contributed by atoms with Gasteiger partial charge in [0.15, 0.2) is 0 Å². The lowest BCUT2D eigenvalue weighted by Gasteiger charge is -2.42. The molecule has 2 N–H and O–H groups in total. The molecule has 1 aromatic carbocycles. The molecule has 9 heteroatoms. The normalized spacial score (nSPS) is 25.9. The molecule has 0 radical (unpaired) electrons. The van der Waals surface area contributed by atoms with Gasteiger partial charge in [-0.3, -0.25) is 9.59 Å². The lowest BCUT2D eigenvalue weighted by Crippen LogP contribution is -2.46. The smallest absolute Gasteiger partial charge is 0.455 e. The number of likely N-dealkylation sites (tertiary alicyclic amines) is 1. The van der Waals surface area contributed by atoms with Crippen LogP contribution in [0.5, 0.6) is 5.75 Å². The minimum Gasteiger partial charge on any atom is -0.507 e. The Morgan fingerprint density at radius 2 is 1.84 bits per heavy atom. The number of amides is 3. The number of ether oxygens (including phenoxy) is 1. The van der Waals surface area contributed by atoms with E-state index in [0.29, 0.717) is 23.5 Å². The maximum Gasteiger partial charge on any atom is 0.455 e. The highest BCUT2D eigenvalue weighted by Gasteiger charge is 2.58. The number of methoxy groups -OCH3 is 1. The molecule has 1 aliphatic carbocycles. The topological polar surface area (TPSA) is 113 Å². The van der Waals surface area contributed by atoms with Crippen LogP contribution in [0.2, 0.25) is 6.32 Å². The van der Waals surface area contributed by atoms with Crippen molar-refractivity contribution in [3.05, 3.63) is 45.5 Å². The number of allylic oxidation sites excluding steroid dienone is 2. The minimum absolute atomic E-state index is 0.210. The molecule has 2 saturated heterocycles. The molecule has 0 unspecified atom stereocenters. The fraction of sp³-hybridized carbons (Fsp3) is 0.536. The van der Waals surface area contributed by atoms with E-state index in [1.165, 1.54) is 5.57 Å². The van der Waals surface area contributed by atoms with E-state index in [1.807, 2.05) is 32.9 Å². The first kappa shape index (κ1) is 27.1. The van der Waals surface area contributed by atoms with E-state index >= 15 is 0 Å². The van der Waals surface area contributed by atoms with Gasteiger partial charge in [-0.1, -0.05) is 30.6 Å². The molecular formula is C28H36BNO7. The number of hydrogen-bond donors (Lipinski definition) is 2. The Hall–Kier alpha value is -2.91. The third kappa shape index (κ3) is 5.11. The van der Waals surface area contributed by atoms with Crippen molar-refractivity contribution in [3.8, 4) is 5.75 Å². The van der Waals surface area contributed by atoms with Crippen molar-refractivity contribution in [3.63, 3.8) is 0 Å². The van der Waals surface area contributed by atoms with E-state index in [2.05, 4.69) is 17.7 Å². The number of hydrogen-bond acceptors (Lipinski definition) is 7. The standard InChI is InChI=1S/C28H36BNO7/c1-6-7-18(13-19-10-16(3)25(31)17(4)11-19)8-9-22-23-15(2)12-20-24(21(23)14-29(35)37-22)27(33)30(26(20)32)28(34)36-5/h10-11,13,20-22,24,31,35H,6-9,12,14H2,1-5H3/b18-13+/t20-,21+,22-,24-/m1/s1. The lowest BCUT2D eigenvalue weighted by atomic mass is 9.58. The fourth-order valence-electron chi connectivity index (χ4n) is 6.41. The van der Waals surface area contributed by atoms with Crippen LogP contribution < -0.4 is 0 Å². The molecule has 8 nitrogen and oxygen atoms in total. The SMILES string of the molecule is CCC/C(=C\c1cc(C)c(O)c(C)c1)CC[C@H]1OB(O)C[C@H]2C1=C(C)C[C@H]1C(=O)N(C(=O)OC)C(=O)[C@H]12. The number of aryl methyl sites for hydroxylation is 2. The first-order chi connectivity index (χ1) is 17.6. The first-order valence-corrected chi connectivity index (χ1v) is 13.1. The van der Waals surface area contributed by atoms with Crippen molar-refractivity contribution in [2.24, 2.45) is 17.8 Å². The number of phenolic OH excluding ortho intramolecular Hbond substituents is 1. The monoisotopic (exact) mass is 509 g/mol. The third-order valence-electron chi connectivity index (χ3n) is 7.99. The summed E-state index contributed by atoms with van der Waals surface area (Å²) >= 11 is 0. The molecule has 2 fully saturated rings. The van der Waals surface area contributed by atoms with Gasteiger partial charge >= 0.3 is 13.2 Å². The van der Waals surface area contributed by atoms with Gasteiger partial charge in [0.1, 0.15) is 5.75 Å². The number of rotatable bonds is 6. The van der Waals surface area contributed by atoms with E-state index in [1.54, 1.807) is 0 Å². The number of fused-ring (bicyclic) bond motifs is 3. The van der Waals surface area contributed by atoms with Crippen LogP contribution in [-0.2, 0) is 19.0 Å². The van der Waals surface area contributed by atoms with Gasteiger partial charge in [-0.25, -0.2) is 4.79 Å². The highest BCUT2D eigenvalue weighted by molar-refractivity contribution is 6.43. The van der Waals surface area contributed by atoms with Crippen molar-refractivity contribution in [2.75, 3.05) is 7.11 Å². The number of aromatic hydroxyl groups is 1. The molecule has 0 spiro atoms. The molecule has 4 atom stereocenters. The second-order valence-corrected chi connectivity index (χ2v) is 10.6. The number of benzene rings is 1. The molecular weight excluding hydrogens is 473 g/mol. The summed E-state index contributed by atoms with van der Waals surface area (Å²) in [5.74, 6) is -2.43. The van der Waals surface area contributed by atoms with Gasteiger partial charge in [-0.05, 0) is 93.1 Å². The van der Waals surface area contributed by atoms with Crippen LogP contribution in [0.3, 0.4) is 0 Å². The summed E-state index contributed by atoms with van der Waals surface area (Å²) in [5.41, 5.74) is 5.90. The van der Waals surface area contributed by atoms with E-state index in [4.69, 9.17) is 4.65 Å². The summed E-state index contributed by atoms with van der Waals surface area (Å²) in [5, 5.41) is 20.7. The minimum atomic E-state index is -1.05. The Labute approximate surface area is 218 Å². The number of carbonyl (C=O) groups excluding carboxylic acids is 3. The molecule has 4 rings (SSSR count). The van der Waals surface area contributed by atoms with Gasteiger partial charge in [0, 0.05) is 0 Å². The molecule has 0 saturated carbocycles. The van der Waals surface area contributed by atoms with E-state index in [0.717, 1.165) is 54.2 Å². The van der Waals surface area contributed by atoms with Gasteiger partial charge < -0.3 is 19.5 Å². The molecule has 198 valence electrons. The summed E-state index contributed by atoms with van der Waals surface area (Å²) in [6, 6.07) is 3.94. The van der Waals surface area contributed by atoms with Crippen molar-refractivity contribution in [1.82, 2.24) is 4.90 Å². The van der Waals surface area contributed by atoms with Crippen LogP contribution in [0, 0.1) is 31.6 Å². The molecule has 3 amide bonds. The third-order valence-corrected chi connectivity index (χ3v) is 7.99. The van der Waals surface area contributed by atoms with Crippen molar-refractivity contribution in [2.45, 2.75) is 72.2 Å². The predicted molar refractivity (Wildman–Crippen MR) is 139 cm³/mol. The Morgan fingerprint density at radius 3 is 2.46 bits per heavy atom. The zero-order chi connectivity index (χ0) is 27.0. The van der Waals surface area contributed by atoms with Crippen LogP contribution in [0.1, 0.15) is 62.6 Å². The second kappa shape index (κ2) is 10.8. The van der Waals surface area contributed by atoms with Crippen LogP contribution in [-0.4, -0.2) is 53.3 Å². The zero-order valence-corrected chi connectivity index (χ0v) is 22.2. The fourth-order valence-corrected chi connectivity index (χ4v) is 6.41. The van der Waals surface area contributed by atoms with E-state index < -0.39 is 36.9 Å². The Morgan fingerprint density at radius 1 is 1.16 bits per heavy atom. The number of imide groups is 3. The molecule has 0 bridgehead atoms. The summed E-state index contributed by atoms with van der Waals surface area (Å²) < 4.78 is 10.7. The number of phenols is 1. The summed E-state index contributed by atoms with van der Waals surface area (Å²) in [4.78, 5) is 38.9. The number of nitrogens with zero attached hydrogens (tertiary/aromatic N) is 1. The maximum absolute atomic E-state index is 13.2. The molecule has 1 aromatic rings. The lowest BCUT2D eigenvalue weighted by molar-refractivity contribution is -0.137. The first-order valence-electron chi connectivity index (χ1n) is 13.1. The van der Waals surface area contributed by atoms with Gasteiger partial charge in [0.05, 0.1) is 25.0 Å². The summed E-state index contributed by atoms with van der Waals surface area (Å²) in [7, 11) is 0.0948. The van der Waals surface area contributed by atoms with Crippen molar-refractivity contribution in [1.29, 1.82) is 0 Å². The maximum atomic E-state index is 13.2. The number of carbonyl (C=O) groups is 3. The second-order valence-electron chi connectivity index (χ2n) is 10.6. The van der Waals surface area contributed by atoms with Gasteiger partial charge in [0.2, 0.25) is 11.8 Å². The molecule has 37 heavy (non-hydrogen) atoms. The van der Waals surface area contributed by atoms with Crippen molar-refractivity contribution < 1.29 is 33.9 Å². The van der Waals surface area contributed by atoms with Crippen LogP contribution in [0.15, 0.2) is 28.9 Å². The summed E-state index contributed by atoms with van der Waals surface area (Å²) in [6.45, 7) is 7.86. The quantitative estimate of drug-likeness (QED) is 0.329. The van der Waals surface area contributed by atoms with Crippen molar-refractivity contribution >= 4 is 31.1 Å². The highest BCUT2D eigenvalue weighted by atomic mass is 16.5.